The van der Waals surface area contributed by atoms with Gasteiger partial charge in [0, 0.05) is 30.9 Å². The highest BCUT2D eigenvalue weighted by Crippen LogP contribution is 2.40. The molecule has 2 aromatic rings. The van der Waals surface area contributed by atoms with Crippen LogP contribution in [0.1, 0.15) is 48.1 Å². The number of carbonyl (C=O) groups excluding carboxylic acids is 1. The fourth-order valence-corrected chi connectivity index (χ4v) is 3.77. The molecule has 27 heavy (non-hydrogen) atoms. The van der Waals surface area contributed by atoms with E-state index in [0.717, 1.165) is 43.1 Å². The number of morpholine rings is 1. The van der Waals surface area contributed by atoms with Gasteiger partial charge in [-0.1, -0.05) is 13.8 Å². The molecule has 0 saturated carbocycles. The summed E-state index contributed by atoms with van der Waals surface area (Å²) in [6.45, 7) is 7.26. The number of hydrogen-bond donors (Lipinski definition) is 3. The third kappa shape index (κ3) is 3.73. The molecule has 1 aliphatic carbocycles. The number of aromatic amines is 2. The van der Waals surface area contributed by atoms with Crippen molar-refractivity contribution >= 4 is 11.9 Å². The third-order valence-corrected chi connectivity index (χ3v) is 5.11. The van der Waals surface area contributed by atoms with Crippen LogP contribution in [0, 0.1) is 5.41 Å². The van der Waals surface area contributed by atoms with Gasteiger partial charge < -0.3 is 15.0 Å². The summed E-state index contributed by atoms with van der Waals surface area (Å²) < 4.78 is 5.40. The summed E-state index contributed by atoms with van der Waals surface area (Å²) >= 11 is 0. The van der Waals surface area contributed by atoms with Crippen molar-refractivity contribution < 1.29 is 9.53 Å². The molecule has 3 N–H and O–H groups in total. The molecule has 9 nitrogen and oxygen atoms in total. The van der Waals surface area contributed by atoms with Crippen LogP contribution in [0.3, 0.4) is 0 Å². The molecule has 1 amide bonds. The van der Waals surface area contributed by atoms with E-state index >= 15 is 0 Å². The molecule has 0 aromatic carbocycles. The standard InChI is InChI=1S/C18H24N6O3/c1-18(2)8-13(20-16(26)12-7-15(25)23-22-12)11-10-19-17(21-14(11)9-18)24-3-5-27-6-4-24/h7,10,13H,3-6,8-9H2,1-2H3,(H,20,26)(H2,22,23,25)/t13-/m0/s1. The summed E-state index contributed by atoms with van der Waals surface area (Å²) in [7, 11) is 0. The Bertz CT molecular complexity index is 896. The van der Waals surface area contributed by atoms with Crippen molar-refractivity contribution in [3.8, 4) is 0 Å². The quantitative estimate of drug-likeness (QED) is 0.733. The number of ether oxygens (including phenoxy) is 1. The van der Waals surface area contributed by atoms with Crippen LogP contribution in [0.25, 0.3) is 0 Å². The Kier molecular flexibility index (Phi) is 4.47. The minimum Gasteiger partial charge on any atom is -0.378 e. The largest absolute Gasteiger partial charge is 0.378 e. The number of carbonyl (C=O) groups is 1. The fraction of sp³-hybridized carbons (Fsp3) is 0.556. The van der Waals surface area contributed by atoms with Crippen LogP contribution in [0.5, 0.6) is 0 Å². The summed E-state index contributed by atoms with van der Waals surface area (Å²) in [6, 6.07) is 1.05. The van der Waals surface area contributed by atoms with E-state index in [9.17, 15) is 9.59 Å². The maximum absolute atomic E-state index is 12.5. The van der Waals surface area contributed by atoms with Gasteiger partial charge in [0.1, 0.15) is 5.69 Å². The fourth-order valence-electron chi connectivity index (χ4n) is 3.77. The van der Waals surface area contributed by atoms with Crippen LogP contribution in [-0.2, 0) is 11.2 Å². The number of anilines is 1. The Morgan fingerprint density at radius 1 is 1.33 bits per heavy atom. The number of H-pyrrole nitrogens is 2. The Balaban J connectivity index is 1.60. The first-order valence-electron chi connectivity index (χ1n) is 9.18. The van der Waals surface area contributed by atoms with Gasteiger partial charge in [-0.25, -0.2) is 9.97 Å². The second kappa shape index (κ2) is 6.80. The van der Waals surface area contributed by atoms with Gasteiger partial charge in [-0.3, -0.25) is 19.8 Å². The molecule has 1 fully saturated rings. The Morgan fingerprint density at radius 2 is 2.11 bits per heavy atom. The lowest BCUT2D eigenvalue weighted by atomic mass is 9.74. The molecule has 1 saturated heterocycles. The molecular formula is C18H24N6O3. The molecular weight excluding hydrogens is 348 g/mol. The van der Waals surface area contributed by atoms with Crippen molar-refractivity contribution in [1.29, 1.82) is 0 Å². The van der Waals surface area contributed by atoms with E-state index in [4.69, 9.17) is 9.72 Å². The molecule has 1 aliphatic heterocycles. The van der Waals surface area contributed by atoms with E-state index in [1.54, 1.807) is 0 Å². The van der Waals surface area contributed by atoms with E-state index in [0.29, 0.717) is 13.2 Å². The first-order chi connectivity index (χ1) is 12.9. The zero-order valence-corrected chi connectivity index (χ0v) is 15.5. The molecule has 0 radical (unpaired) electrons. The van der Waals surface area contributed by atoms with Gasteiger partial charge in [0.15, 0.2) is 0 Å². The van der Waals surface area contributed by atoms with Crippen LogP contribution in [0.4, 0.5) is 5.95 Å². The van der Waals surface area contributed by atoms with Crippen LogP contribution in [0.15, 0.2) is 17.1 Å². The summed E-state index contributed by atoms with van der Waals surface area (Å²) in [4.78, 5) is 35.3. The zero-order valence-electron chi connectivity index (χ0n) is 15.5. The molecule has 0 unspecified atom stereocenters. The topological polar surface area (TPSA) is 116 Å². The molecule has 0 bridgehead atoms. The van der Waals surface area contributed by atoms with Gasteiger partial charge in [0.25, 0.3) is 11.5 Å². The lowest BCUT2D eigenvalue weighted by Crippen LogP contribution is -2.39. The van der Waals surface area contributed by atoms with Gasteiger partial charge in [-0.05, 0) is 18.3 Å². The van der Waals surface area contributed by atoms with Crippen molar-refractivity contribution in [3.63, 3.8) is 0 Å². The van der Waals surface area contributed by atoms with Crippen LogP contribution in [0.2, 0.25) is 0 Å². The second-order valence-corrected chi connectivity index (χ2v) is 7.91. The highest BCUT2D eigenvalue weighted by molar-refractivity contribution is 5.92. The Hall–Kier alpha value is -2.68. The first-order valence-corrected chi connectivity index (χ1v) is 9.18. The lowest BCUT2D eigenvalue weighted by Gasteiger charge is -2.37. The SMILES string of the molecule is CC1(C)Cc2nc(N3CCOCC3)ncc2[C@@H](NC(=O)c2cc(=O)[nH][nH]2)C1. The number of nitrogens with one attached hydrogen (secondary N) is 3. The van der Waals surface area contributed by atoms with E-state index in [2.05, 4.69) is 39.2 Å². The Morgan fingerprint density at radius 3 is 2.81 bits per heavy atom. The molecule has 3 heterocycles. The van der Waals surface area contributed by atoms with Crippen LogP contribution < -0.4 is 15.8 Å². The summed E-state index contributed by atoms with van der Waals surface area (Å²) in [5.74, 6) is 0.397. The maximum Gasteiger partial charge on any atom is 0.269 e. The van der Waals surface area contributed by atoms with Gasteiger partial charge in [-0.2, -0.15) is 0 Å². The van der Waals surface area contributed by atoms with Gasteiger partial charge in [0.05, 0.1) is 24.9 Å². The van der Waals surface area contributed by atoms with Gasteiger partial charge in [0.2, 0.25) is 5.95 Å². The first kappa shape index (κ1) is 17.7. The van der Waals surface area contributed by atoms with Gasteiger partial charge in [-0.15, -0.1) is 0 Å². The predicted molar refractivity (Wildman–Crippen MR) is 98.8 cm³/mol. The second-order valence-electron chi connectivity index (χ2n) is 7.91. The molecule has 0 spiro atoms. The van der Waals surface area contributed by atoms with Crippen molar-refractivity contribution in [1.82, 2.24) is 25.5 Å². The van der Waals surface area contributed by atoms with Crippen molar-refractivity contribution in [3.05, 3.63) is 39.6 Å². The van der Waals surface area contributed by atoms with Crippen molar-refractivity contribution in [2.45, 2.75) is 32.7 Å². The van der Waals surface area contributed by atoms with Crippen molar-refractivity contribution in [2.75, 3.05) is 31.2 Å². The number of rotatable bonds is 3. The highest BCUT2D eigenvalue weighted by atomic mass is 16.5. The average molecular weight is 372 g/mol. The van der Waals surface area contributed by atoms with E-state index in [-0.39, 0.29) is 28.6 Å². The average Bonchev–Trinajstić information content (AvgIpc) is 3.07. The minimum absolute atomic E-state index is 0.00681. The maximum atomic E-state index is 12.5. The normalized spacial score (nSPS) is 21.6. The molecule has 4 rings (SSSR count). The van der Waals surface area contributed by atoms with E-state index < -0.39 is 0 Å². The zero-order chi connectivity index (χ0) is 19.0. The number of nitrogens with zero attached hydrogens (tertiary/aromatic N) is 3. The summed E-state index contributed by atoms with van der Waals surface area (Å²) in [5, 5.41) is 7.99. The molecule has 2 aliphatic rings. The summed E-state index contributed by atoms with van der Waals surface area (Å²) in [6.07, 6.45) is 3.43. The van der Waals surface area contributed by atoms with E-state index in [1.807, 2.05) is 6.20 Å². The van der Waals surface area contributed by atoms with Gasteiger partial charge >= 0.3 is 0 Å². The predicted octanol–water partition coefficient (Wildman–Crippen LogP) is 0.773. The number of amides is 1. The van der Waals surface area contributed by atoms with E-state index in [1.165, 1.54) is 6.07 Å². The van der Waals surface area contributed by atoms with Crippen molar-refractivity contribution in [2.24, 2.45) is 5.41 Å². The highest BCUT2D eigenvalue weighted by Gasteiger charge is 2.35. The molecule has 9 heteroatoms. The Labute approximate surface area is 156 Å². The smallest absolute Gasteiger partial charge is 0.269 e. The number of fused-ring (bicyclic) bond motifs is 1. The number of hydrogen-bond acceptors (Lipinski definition) is 6. The monoisotopic (exact) mass is 372 g/mol. The number of aromatic nitrogens is 4. The lowest BCUT2D eigenvalue weighted by molar-refractivity contribution is 0.0913. The van der Waals surface area contributed by atoms with Crippen LogP contribution in [-0.4, -0.2) is 52.4 Å². The molecule has 1 atom stereocenters. The summed E-state index contributed by atoms with van der Waals surface area (Å²) in [5.41, 5.74) is 1.79. The molecule has 144 valence electrons. The third-order valence-electron chi connectivity index (χ3n) is 5.11. The molecule has 2 aromatic heterocycles. The van der Waals surface area contributed by atoms with Crippen LogP contribution >= 0.6 is 0 Å². The minimum atomic E-state index is -0.331.